The van der Waals surface area contributed by atoms with Crippen LogP contribution in [0.3, 0.4) is 0 Å². The monoisotopic (exact) mass is 581 g/mol. The van der Waals surface area contributed by atoms with Crippen molar-refractivity contribution in [2.45, 2.75) is 44.2 Å². The lowest BCUT2D eigenvalue weighted by Gasteiger charge is -2.36. The van der Waals surface area contributed by atoms with Crippen molar-refractivity contribution < 1.29 is 22.7 Å². The van der Waals surface area contributed by atoms with E-state index in [4.69, 9.17) is 10.00 Å². The van der Waals surface area contributed by atoms with Gasteiger partial charge >= 0.3 is 6.18 Å². The Morgan fingerprint density at radius 1 is 1.07 bits per heavy atom. The molecule has 0 aliphatic carbocycles. The molecule has 2 atom stereocenters. The summed E-state index contributed by atoms with van der Waals surface area (Å²) in [6.07, 6.45) is -1.74. The smallest absolute Gasteiger partial charge is 0.373 e. The largest absolute Gasteiger partial charge is 0.423 e. The van der Waals surface area contributed by atoms with Gasteiger partial charge in [0.05, 0.1) is 36.1 Å². The predicted molar refractivity (Wildman–Crippen MR) is 148 cm³/mol. The van der Waals surface area contributed by atoms with E-state index in [2.05, 4.69) is 15.0 Å². The molecule has 2 saturated heterocycles. The Hall–Kier alpha value is -4.44. The van der Waals surface area contributed by atoms with E-state index in [1.54, 1.807) is 41.3 Å². The van der Waals surface area contributed by atoms with E-state index in [0.717, 1.165) is 17.6 Å². The van der Waals surface area contributed by atoms with Crippen LogP contribution in [0.25, 0.3) is 0 Å². The number of H-pyrrole nitrogens is 1. The van der Waals surface area contributed by atoms with Crippen molar-refractivity contribution in [3.8, 4) is 6.07 Å². The number of nitrogens with one attached hydrogen (secondary N) is 1. The molecule has 0 radical (unpaired) electrons. The molecule has 4 heterocycles. The molecule has 2 fully saturated rings. The van der Waals surface area contributed by atoms with Gasteiger partial charge in [-0.3, -0.25) is 9.59 Å². The Bertz CT molecular complexity index is 1470. The van der Waals surface area contributed by atoms with Gasteiger partial charge in [0, 0.05) is 45.5 Å². The van der Waals surface area contributed by atoms with Gasteiger partial charge in [-0.1, -0.05) is 30.3 Å². The second-order valence-corrected chi connectivity index (χ2v) is 10.4. The van der Waals surface area contributed by atoms with Gasteiger partial charge in [0.15, 0.2) is 0 Å². The summed E-state index contributed by atoms with van der Waals surface area (Å²) in [6.45, 7) is 2.49. The number of amides is 1. The molecule has 10 nitrogen and oxygen atoms in total. The first-order valence-electron chi connectivity index (χ1n) is 13.7. The minimum Gasteiger partial charge on any atom is -0.373 e. The molecule has 1 N–H and O–H groups in total. The molecule has 1 aromatic carbocycles. The van der Waals surface area contributed by atoms with E-state index >= 15 is 0 Å². The Morgan fingerprint density at radius 3 is 2.48 bits per heavy atom. The molecule has 5 rings (SSSR count). The zero-order valence-corrected chi connectivity index (χ0v) is 22.8. The van der Waals surface area contributed by atoms with E-state index in [1.165, 1.54) is 11.1 Å². The minimum atomic E-state index is -4.87. The van der Waals surface area contributed by atoms with Crippen LogP contribution in [0, 0.1) is 11.3 Å². The van der Waals surface area contributed by atoms with Crippen molar-refractivity contribution in [3.05, 3.63) is 81.9 Å². The third-order valence-electron chi connectivity index (χ3n) is 7.53. The number of nitriles is 1. The number of hydrogen-bond donors (Lipinski definition) is 1. The SMILES string of the molecule is N#Cc1ccc(N2CCN(C(=O)CC3CCC(CN(Cc4ccccc4)c4cn[nH]c(=O)c4C(F)(F)F)O3)CC2)nc1. The van der Waals surface area contributed by atoms with E-state index in [-0.39, 0.29) is 37.2 Å². The highest BCUT2D eigenvalue weighted by atomic mass is 19.4. The number of rotatable bonds is 8. The molecule has 2 aromatic heterocycles. The highest BCUT2D eigenvalue weighted by molar-refractivity contribution is 5.77. The highest BCUT2D eigenvalue weighted by Gasteiger charge is 2.40. The van der Waals surface area contributed by atoms with Crippen LogP contribution >= 0.6 is 0 Å². The Labute approximate surface area is 240 Å². The molecule has 0 saturated carbocycles. The Balaban J connectivity index is 1.20. The summed E-state index contributed by atoms with van der Waals surface area (Å²) in [5.74, 6) is 0.722. The first-order valence-corrected chi connectivity index (χ1v) is 13.7. The first-order chi connectivity index (χ1) is 20.2. The molecule has 0 spiro atoms. The number of aromatic amines is 1. The summed E-state index contributed by atoms with van der Waals surface area (Å²) >= 11 is 0. The lowest BCUT2D eigenvalue weighted by Crippen LogP contribution is -2.49. The predicted octanol–water partition coefficient (Wildman–Crippen LogP) is 3.35. The topological polar surface area (TPSA) is 118 Å². The number of ether oxygens (including phenoxy) is 1. The number of anilines is 2. The van der Waals surface area contributed by atoms with Crippen LogP contribution < -0.4 is 15.4 Å². The summed E-state index contributed by atoms with van der Waals surface area (Å²) in [7, 11) is 0. The van der Waals surface area contributed by atoms with Gasteiger partial charge in [0.1, 0.15) is 17.5 Å². The average Bonchev–Trinajstić information content (AvgIpc) is 3.43. The number of alkyl halides is 3. The van der Waals surface area contributed by atoms with Gasteiger partial charge < -0.3 is 19.4 Å². The number of benzene rings is 1. The lowest BCUT2D eigenvalue weighted by atomic mass is 10.1. The summed E-state index contributed by atoms with van der Waals surface area (Å²) in [6, 6.07) is 14.6. The number of nitrogens with zero attached hydrogens (tertiary/aromatic N) is 6. The summed E-state index contributed by atoms with van der Waals surface area (Å²) in [5, 5.41) is 14.5. The third kappa shape index (κ3) is 6.88. The van der Waals surface area contributed by atoms with Crippen molar-refractivity contribution in [2.24, 2.45) is 0 Å². The second kappa shape index (κ2) is 12.6. The van der Waals surface area contributed by atoms with Crippen LogP contribution in [-0.4, -0.2) is 70.9 Å². The van der Waals surface area contributed by atoms with E-state index in [9.17, 15) is 22.8 Å². The molecule has 1 amide bonds. The maximum absolute atomic E-state index is 13.9. The number of pyridine rings is 1. The standard InChI is InChI=1S/C29H30F3N7O3/c30-29(31,32)27-24(17-35-36-28(27)41)39(18-20-4-2-1-3-5-20)19-23-8-7-22(42-23)14-26(40)38-12-10-37(11-13-38)25-9-6-21(15-33)16-34-25/h1-6,9,16-17,22-23H,7-8,10-14,18-19H2,(H,36,41). The van der Waals surface area contributed by atoms with Gasteiger partial charge in [-0.05, 0) is 30.5 Å². The maximum atomic E-state index is 13.9. The number of carbonyl (C=O) groups is 1. The van der Waals surface area contributed by atoms with Crippen LogP contribution in [0.15, 0.2) is 59.7 Å². The summed E-state index contributed by atoms with van der Waals surface area (Å²) < 4.78 is 47.8. The molecule has 13 heteroatoms. The molecule has 2 unspecified atom stereocenters. The molecule has 3 aromatic rings. The van der Waals surface area contributed by atoms with Crippen LogP contribution in [0.1, 0.15) is 36.0 Å². The number of hydrogen-bond acceptors (Lipinski definition) is 8. The summed E-state index contributed by atoms with van der Waals surface area (Å²) in [5.41, 5.74) is -1.66. The Morgan fingerprint density at radius 2 is 1.81 bits per heavy atom. The van der Waals surface area contributed by atoms with Crippen molar-refractivity contribution in [2.75, 3.05) is 42.5 Å². The number of aromatic nitrogens is 3. The fourth-order valence-corrected chi connectivity index (χ4v) is 5.41. The van der Waals surface area contributed by atoms with E-state index in [1.807, 2.05) is 17.2 Å². The molecule has 2 aliphatic heterocycles. The zero-order valence-electron chi connectivity index (χ0n) is 22.8. The van der Waals surface area contributed by atoms with Crippen LogP contribution in [0.4, 0.5) is 24.7 Å². The van der Waals surface area contributed by atoms with Crippen molar-refractivity contribution >= 4 is 17.4 Å². The highest BCUT2D eigenvalue weighted by Crippen LogP contribution is 2.35. The van der Waals surface area contributed by atoms with Gasteiger partial charge in [0.25, 0.3) is 5.56 Å². The average molecular weight is 582 g/mol. The molecular formula is C29H30F3N7O3. The van der Waals surface area contributed by atoms with Gasteiger partial charge in [0.2, 0.25) is 5.91 Å². The fourth-order valence-electron chi connectivity index (χ4n) is 5.41. The van der Waals surface area contributed by atoms with Crippen LogP contribution in [0.2, 0.25) is 0 Å². The molecule has 0 bridgehead atoms. The van der Waals surface area contributed by atoms with Crippen molar-refractivity contribution in [3.63, 3.8) is 0 Å². The molecule has 220 valence electrons. The molecule has 42 heavy (non-hydrogen) atoms. The van der Waals surface area contributed by atoms with Crippen LogP contribution in [0.5, 0.6) is 0 Å². The van der Waals surface area contributed by atoms with E-state index in [0.29, 0.717) is 44.6 Å². The van der Waals surface area contributed by atoms with Gasteiger partial charge in [-0.25, -0.2) is 10.1 Å². The van der Waals surface area contributed by atoms with E-state index < -0.39 is 23.4 Å². The van der Waals surface area contributed by atoms with Crippen LogP contribution in [-0.2, 0) is 22.3 Å². The number of carbonyl (C=O) groups excluding carboxylic acids is 1. The molecular weight excluding hydrogens is 551 g/mol. The number of piperazine rings is 1. The molecule has 2 aliphatic rings. The summed E-state index contributed by atoms with van der Waals surface area (Å²) in [4.78, 5) is 34.9. The van der Waals surface area contributed by atoms with Crippen molar-refractivity contribution in [1.29, 1.82) is 5.26 Å². The number of halogens is 3. The maximum Gasteiger partial charge on any atom is 0.423 e. The van der Waals surface area contributed by atoms with Gasteiger partial charge in [-0.15, -0.1) is 0 Å². The third-order valence-corrected chi connectivity index (χ3v) is 7.53. The van der Waals surface area contributed by atoms with Crippen molar-refractivity contribution in [1.82, 2.24) is 20.1 Å². The first kappa shape index (κ1) is 29.1. The minimum absolute atomic E-state index is 0.0348. The Kier molecular flexibility index (Phi) is 8.72. The second-order valence-electron chi connectivity index (χ2n) is 10.4. The fraction of sp³-hybridized carbons (Fsp3) is 0.414. The lowest BCUT2D eigenvalue weighted by molar-refractivity contribution is -0.138. The zero-order chi connectivity index (χ0) is 29.7. The quantitative estimate of drug-likeness (QED) is 0.431. The van der Waals surface area contributed by atoms with Gasteiger partial charge in [-0.2, -0.15) is 23.5 Å². The normalized spacial score (nSPS) is 19.0.